The number of nitrogens with one attached hydrogen (secondary N) is 1. The van der Waals surface area contributed by atoms with Crippen LogP contribution in [0.1, 0.15) is 155 Å². The number of benzene rings is 1. The van der Waals surface area contributed by atoms with E-state index in [1.165, 1.54) is 20.9 Å². The molecule has 3 aliphatic heterocycles. The van der Waals surface area contributed by atoms with Gasteiger partial charge in [-0.05, 0) is 89.7 Å². The van der Waals surface area contributed by atoms with Crippen LogP contribution in [0.15, 0.2) is 24.3 Å². The van der Waals surface area contributed by atoms with E-state index >= 15 is 0 Å². The third-order valence-electron chi connectivity index (χ3n) is 9.49. The zero-order valence-electron chi connectivity index (χ0n) is 36.6. The molecule has 1 aromatic carbocycles. The van der Waals surface area contributed by atoms with Gasteiger partial charge in [-0.1, -0.05) is 86.6 Å². The number of imide groups is 2. The Labute approximate surface area is 325 Å². The summed E-state index contributed by atoms with van der Waals surface area (Å²) in [4.78, 5) is 76.6. The normalized spacial score (nSPS) is 21.3. The Balaban J connectivity index is 0.000000283. The van der Waals surface area contributed by atoms with Gasteiger partial charge < -0.3 is 15.0 Å². The van der Waals surface area contributed by atoms with Crippen molar-refractivity contribution in [3.63, 3.8) is 0 Å². The van der Waals surface area contributed by atoms with Gasteiger partial charge in [0.1, 0.15) is 11.6 Å². The number of carbonyl (C=O) groups excluding carboxylic acids is 6. The van der Waals surface area contributed by atoms with Crippen molar-refractivity contribution in [1.29, 1.82) is 0 Å². The maximum absolute atomic E-state index is 12.6. The van der Waals surface area contributed by atoms with Crippen LogP contribution in [0.4, 0.5) is 4.79 Å². The van der Waals surface area contributed by atoms with E-state index in [1.54, 1.807) is 20.8 Å². The first kappa shape index (κ1) is 46.4. The molecule has 1 aromatic rings. The first-order chi connectivity index (χ1) is 24.1. The van der Waals surface area contributed by atoms with Gasteiger partial charge in [-0.25, -0.2) is 4.79 Å². The lowest BCUT2D eigenvalue weighted by Gasteiger charge is -2.50. The highest BCUT2D eigenvalue weighted by Gasteiger charge is 2.48. The number of esters is 1. The fraction of sp³-hybridized carbons (Fsp3) is 0.721. The number of urea groups is 1. The summed E-state index contributed by atoms with van der Waals surface area (Å²) >= 11 is 0. The van der Waals surface area contributed by atoms with E-state index in [0.29, 0.717) is 6.42 Å². The number of carbonyl (C=O) groups is 6. The molecule has 304 valence electrons. The maximum Gasteiger partial charge on any atom is 0.325 e. The molecule has 54 heavy (non-hydrogen) atoms. The summed E-state index contributed by atoms with van der Waals surface area (Å²) in [5.41, 5.74) is 0.880. The highest BCUT2D eigenvalue weighted by molar-refractivity contribution is 6.05. The SMILES string of the molecule is CC(C)(C)C1NC(=O)N(C(C)(C)C)C1=O.CC(C)(C)C1c2ccccc2CC(=O)N1C(C)(C)C.CC(C)(C)OC(=O)CCN1C(=O)CC(C(C)(C)C)C1=O. The molecule has 0 radical (unpaired) electrons. The van der Waals surface area contributed by atoms with Crippen molar-refractivity contribution in [3.8, 4) is 0 Å². The molecule has 2 fully saturated rings. The van der Waals surface area contributed by atoms with Crippen LogP contribution in [0, 0.1) is 22.2 Å². The third kappa shape index (κ3) is 11.9. The molecule has 4 rings (SSSR count). The van der Waals surface area contributed by atoms with Crippen molar-refractivity contribution < 1.29 is 33.5 Å². The molecule has 0 spiro atoms. The number of nitrogens with zero attached hydrogens (tertiary/aromatic N) is 3. The minimum absolute atomic E-state index is 0.0272. The zero-order chi connectivity index (χ0) is 42.2. The molecule has 0 saturated carbocycles. The van der Waals surface area contributed by atoms with Gasteiger partial charge in [0.25, 0.3) is 5.91 Å². The molecular weight excluding hydrogens is 684 g/mol. The third-order valence-corrected chi connectivity index (χ3v) is 9.49. The monoisotopic (exact) mass is 755 g/mol. The van der Waals surface area contributed by atoms with Gasteiger partial charge in [0.2, 0.25) is 17.7 Å². The van der Waals surface area contributed by atoms with Gasteiger partial charge >= 0.3 is 12.0 Å². The second-order valence-electron chi connectivity index (χ2n) is 21.0. The van der Waals surface area contributed by atoms with Crippen LogP contribution >= 0.6 is 0 Å². The molecule has 0 bridgehead atoms. The first-order valence-corrected chi connectivity index (χ1v) is 19.2. The lowest BCUT2D eigenvalue weighted by molar-refractivity contribution is -0.155. The number of ether oxygens (including phenoxy) is 1. The van der Waals surface area contributed by atoms with E-state index in [-0.39, 0.29) is 82.8 Å². The number of fused-ring (bicyclic) bond motifs is 1. The molecular formula is C43H70N4O7. The Kier molecular flexibility index (Phi) is 13.9. The molecule has 3 atom stereocenters. The van der Waals surface area contributed by atoms with Crippen molar-refractivity contribution >= 4 is 35.6 Å². The Morgan fingerprint density at radius 2 is 1.24 bits per heavy atom. The molecule has 2 saturated heterocycles. The highest BCUT2D eigenvalue weighted by atomic mass is 16.6. The fourth-order valence-electron chi connectivity index (χ4n) is 7.00. The molecule has 3 aliphatic rings. The largest absolute Gasteiger partial charge is 0.460 e. The number of amides is 6. The van der Waals surface area contributed by atoms with E-state index < -0.39 is 23.2 Å². The molecule has 11 heteroatoms. The summed E-state index contributed by atoms with van der Waals surface area (Å²) in [6.07, 6.45) is 0.808. The number of hydrogen-bond acceptors (Lipinski definition) is 7. The lowest BCUT2D eigenvalue weighted by Crippen LogP contribution is -2.54. The minimum Gasteiger partial charge on any atom is -0.460 e. The summed E-state index contributed by atoms with van der Waals surface area (Å²) in [7, 11) is 0. The average Bonchev–Trinajstić information content (AvgIpc) is 3.43. The van der Waals surface area contributed by atoms with Crippen molar-refractivity contribution in [3.05, 3.63) is 35.4 Å². The fourth-order valence-corrected chi connectivity index (χ4v) is 7.00. The van der Waals surface area contributed by atoms with Crippen LogP contribution in [0.3, 0.4) is 0 Å². The highest BCUT2D eigenvalue weighted by Crippen LogP contribution is 2.45. The van der Waals surface area contributed by atoms with E-state index in [9.17, 15) is 28.8 Å². The van der Waals surface area contributed by atoms with Crippen LogP contribution in [0.2, 0.25) is 0 Å². The first-order valence-electron chi connectivity index (χ1n) is 19.2. The summed E-state index contributed by atoms with van der Waals surface area (Å²) in [5, 5.41) is 2.74. The van der Waals surface area contributed by atoms with Gasteiger partial charge in [-0.15, -0.1) is 0 Å². The molecule has 3 unspecified atom stereocenters. The van der Waals surface area contributed by atoms with E-state index in [2.05, 4.69) is 70.0 Å². The molecule has 6 amide bonds. The van der Waals surface area contributed by atoms with E-state index in [1.807, 2.05) is 68.4 Å². The van der Waals surface area contributed by atoms with Crippen molar-refractivity contribution in [2.24, 2.45) is 22.2 Å². The second-order valence-corrected chi connectivity index (χ2v) is 21.0. The zero-order valence-corrected chi connectivity index (χ0v) is 36.6. The van der Waals surface area contributed by atoms with Gasteiger partial charge in [0.15, 0.2) is 0 Å². The van der Waals surface area contributed by atoms with Gasteiger partial charge in [-0.3, -0.25) is 33.8 Å². The Bertz CT molecular complexity index is 1570. The van der Waals surface area contributed by atoms with Gasteiger partial charge in [-0.2, -0.15) is 0 Å². The summed E-state index contributed by atoms with van der Waals surface area (Å²) < 4.78 is 5.17. The smallest absolute Gasteiger partial charge is 0.325 e. The topological polar surface area (TPSA) is 133 Å². The predicted molar refractivity (Wildman–Crippen MR) is 212 cm³/mol. The van der Waals surface area contributed by atoms with Crippen LogP contribution in [0.25, 0.3) is 0 Å². The minimum atomic E-state index is -0.552. The standard InChI is InChI=1S/C17H25NO.C15H25NO4.C11H20N2O2/c1-16(2,3)15-13-10-8-7-9-12(13)11-14(19)18(15)17(4,5)6;1-14(2,3)10-9-11(17)16(13(10)19)8-7-12(18)20-15(4,5)6;1-10(2,3)7-8(14)13(9(15)12-7)11(4,5)6/h7-10,15H,11H2,1-6H3;10H,7-9H2,1-6H3;7H,1-6H3,(H,12,15). The van der Waals surface area contributed by atoms with Crippen molar-refractivity contribution in [2.75, 3.05) is 6.54 Å². The molecule has 3 heterocycles. The van der Waals surface area contributed by atoms with Crippen molar-refractivity contribution in [2.45, 2.75) is 173 Å². The van der Waals surface area contributed by atoms with Crippen LogP contribution in [-0.2, 0) is 35.1 Å². The van der Waals surface area contributed by atoms with E-state index in [0.717, 1.165) is 0 Å². The van der Waals surface area contributed by atoms with Crippen LogP contribution in [0.5, 0.6) is 0 Å². The predicted octanol–water partition coefficient (Wildman–Crippen LogP) is 7.85. The number of likely N-dealkylation sites (tertiary alicyclic amines) is 1. The Morgan fingerprint density at radius 3 is 1.63 bits per heavy atom. The molecule has 11 nitrogen and oxygen atoms in total. The summed E-state index contributed by atoms with van der Waals surface area (Å²) in [6.45, 7) is 35.7. The summed E-state index contributed by atoms with van der Waals surface area (Å²) in [5.74, 6) is -0.943. The molecule has 0 aliphatic carbocycles. The maximum atomic E-state index is 12.6. The number of rotatable bonds is 3. The van der Waals surface area contributed by atoms with Crippen molar-refractivity contribution in [1.82, 2.24) is 20.0 Å². The Hall–Kier alpha value is -3.76. The lowest BCUT2D eigenvalue weighted by atomic mass is 9.75. The average molecular weight is 755 g/mol. The van der Waals surface area contributed by atoms with Crippen LogP contribution in [-0.4, -0.2) is 79.6 Å². The molecule has 1 N–H and O–H groups in total. The van der Waals surface area contributed by atoms with Gasteiger partial charge in [0.05, 0.1) is 24.8 Å². The quantitative estimate of drug-likeness (QED) is 0.189. The Morgan fingerprint density at radius 1 is 0.704 bits per heavy atom. The second kappa shape index (κ2) is 16.1. The summed E-state index contributed by atoms with van der Waals surface area (Å²) in [6, 6.07) is 7.82. The number of hydrogen-bond donors (Lipinski definition) is 1. The van der Waals surface area contributed by atoms with E-state index in [4.69, 9.17) is 4.74 Å². The van der Waals surface area contributed by atoms with Crippen LogP contribution < -0.4 is 5.32 Å². The molecule has 0 aromatic heterocycles. The van der Waals surface area contributed by atoms with Gasteiger partial charge in [0, 0.05) is 24.0 Å².